The number of benzene rings is 2. The van der Waals surface area contributed by atoms with E-state index in [1.165, 1.54) is 23.4 Å². The molecule has 2 aliphatic rings. The molecule has 0 radical (unpaired) electrons. The zero-order valence-electron chi connectivity index (χ0n) is 23.2. The summed E-state index contributed by atoms with van der Waals surface area (Å²) in [4.78, 5) is 21.5. The maximum absolute atomic E-state index is 15.1. The quantitative estimate of drug-likeness (QED) is 0.347. The van der Waals surface area contributed by atoms with Crippen LogP contribution in [0.3, 0.4) is 0 Å². The van der Waals surface area contributed by atoms with Gasteiger partial charge in [-0.3, -0.25) is 4.79 Å². The number of amides is 1. The second kappa shape index (κ2) is 9.34. The van der Waals surface area contributed by atoms with E-state index in [0.29, 0.717) is 24.4 Å². The number of fused-ring (bicyclic) bond motifs is 2. The minimum atomic E-state index is -0.197. The Kier molecular flexibility index (Phi) is 6.59. The van der Waals surface area contributed by atoms with Crippen molar-refractivity contribution in [3.8, 4) is 10.6 Å². The van der Waals surface area contributed by atoms with Gasteiger partial charge in [0, 0.05) is 35.0 Å². The Morgan fingerprint density at radius 1 is 1.05 bits per heavy atom. The lowest BCUT2D eigenvalue weighted by atomic mass is 9.74. The number of hydrogen-bond acceptors (Lipinski definition) is 3. The van der Waals surface area contributed by atoms with E-state index in [-0.39, 0.29) is 28.5 Å². The standard InChI is InChI=1S/C32H39FN2OS/c1-8-35-26-15-12-19(17-22(26)27(30(35)36)32(5,6)7)16-21-18-20(13-14-24(21)33)29-34-25-11-9-10-23(28(25)37-29)31(2,3)4/h12-15,17-18,23,27H,8-11,16H2,1-7H3. The fourth-order valence-corrected chi connectivity index (χ4v) is 7.68. The highest BCUT2D eigenvalue weighted by Gasteiger charge is 2.43. The third kappa shape index (κ3) is 4.76. The lowest BCUT2D eigenvalue weighted by Gasteiger charge is -2.33. The number of carbonyl (C=O) groups excluding carboxylic acids is 1. The van der Waals surface area contributed by atoms with Gasteiger partial charge in [-0.15, -0.1) is 11.3 Å². The number of aromatic nitrogens is 1. The average Bonchev–Trinajstić information content (AvgIpc) is 3.37. The van der Waals surface area contributed by atoms with Gasteiger partial charge in [0.25, 0.3) is 0 Å². The molecule has 2 heterocycles. The highest BCUT2D eigenvalue weighted by Crippen LogP contribution is 2.48. The van der Waals surface area contributed by atoms with Gasteiger partial charge in [-0.2, -0.15) is 0 Å². The minimum absolute atomic E-state index is 0.164. The number of thiazole rings is 1. The fourth-order valence-electron chi connectivity index (χ4n) is 6.19. The molecule has 0 spiro atoms. The van der Waals surface area contributed by atoms with E-state index in [1.54, 1.807) is 17.4 Å². The molecule has 5 rings (SSSR count). The normalized spacial score (nSPS) is 19.8. The van der Waals surface area contributed by atoms with Gasteiger partial charge in [0.1, 0.15) is 10.8 Å². The summed E-state index contributed by atoms with van der Waals surface area (Å²) in [6, 6.07) is 11.6. The molecular formula is C32H39FN2OS. The van der Waals surface area contributed by atoms with E-state index < -0.39 is 0 Å². The second-order valence-corrected chi connectivity index (χ2v) is 13.9. The van der Waals surface area contributed by atoms with Gasteiger partial charge in [0.2, 0.25) is 5.91 Å². The summed E-state index contributed by atoms with van der Waals surface area (Å²) in [6.45, 7) is 16.0. The lowest BCUT2D eigenvalue weighted by molar-refractivity contribution is -0.121. The molecule has 1 amide bonds. The third-order valence-electron chi connectivity index (χ3n) is 8.07. The van der Waals surface area contributed by atoms with Crippen molar-refractivity contribution in [2.45, 2.75) is 86.0 Å². The van der Waals surface area contributed by atoms with Crippen molar-refractivity contribution in [3.05, 3.63) is 69.5 Å². The zero-order valence-corrected chi connectivity index (χ0v) is 24.1. The number of rotatable bonds is 4. The van der Waals surface area contributed by atoms with Crippen LogP contribution < -0.4 is 4.90 Å². The van der Waals surface area contributed by atoms with Crippen molar-refractivity contribution < 1.29 is 9.18 Å². The zero-order chi connectivity index (χ0) is 26.7. The predicted molar refractivity (Wildman–Crippen MR) is 152 cm³/mol. The largest absolute Gasteiger partial charge is 0.312 e. The maximum atomic E-state index is 15.1. The third-order valence-corrected chi connectivity index (χ3v) is 9.33. The average molecular weight is 519 g/mol. The predicted octanol–water partition coefficient (Wildman–Crippen LogP) is 8.50. The van der Waals surface area contributed by atoms with Crippen LogP contribution in [0.1, 0.15) is 100 Å². The van der Waals surface area contributed by atoms with Crippen LogP contribution in [0.25, 0.3) is 10.6 Å². The lowest BCUT2D eigenvalue weighted by Crippen LogP contribution is -2.33. The highest BCUT2D eigenvalue weighted by molar-refractivity contribution is 7.15. The maximum Gasteiger partial charge on any atom is 0.235 e. The fraction of sp³-hybridized carbons (Fsp3) is 0.500. The number of likely N-dealkylation sites (N-methyl/N-ethyl adjacent to an activating group) is 1. The van der Waals surface area contributed by atoms with E-state index in [2.05, 4.69) is 47.6 Å². The van der Waals surface area contributed by atoms with E-state index >= 15 is 4.39 Å². The summed E-state index contributed by atoms with van der Waals surface area (Å²) in [5.41, 5.74) is 6.00. The van der Waals surface area contributed by atoms with Crippen LogP contribution in [0, 0.1) is 16.6 Å². The molecule has 2 atom stereocenters. The summed E-state index contributed by atoms with van der Waals surface area (Å²) in [5.74, 6) is 0.305. The first-order chi connectivity index (χ1) is 17.4. The van der Waals surface area contributed by atoms with Crippen LogP contribution in [0.15, 0.2) is 36.4 Å². The summed E-state index contributed by atoms with van der Waals surface area (Å²) in [5, 5.41) is 0.994. The Bertz CT molecular complexity index is 1340. The summed E-state index contributed by atoms with van der Waals surface area (Å²) in [6.07, 6.45) is 3.90. The molecule has 3 nitrogen and oxygen atoms in total. The molecule has 2 unspecified atom stereocenters. The molecule has 1 aliphatic heterocycles. The molecule has 0 fully saturated rings. The smallest absolute Gasteiger partial charge is 0.235 e. The van der Waals surface area contributed by atoms with Gasteiger partial charge in [-0.25, -0.2) is 9.37 Å². The number of anilines is 1. The SMILES string of the molecule is CCN1C(=O)C(C(C)(C)C)c2cc(Cc3cc(-c4nc5c(s4)C(C(C)(C)C)CCC5)ccc3F)ccc21. The Hall–Kier alpha value is -2.53. The van der Waals surface area contributed by atoms with Crippen LogP contribution in [-0.2, 0) is 17.6 Å². The number of carbonyl (C=O) groups is 1. The monoisotopic (exact) mass is 518 g/mol. The Morgan fingerprint density at radius 3 is 2.49 bits per heavy atom. The number of halogens is 1. The van der Waals surface area contributed by atoms with Crippen LogP contribution >= 0.6 is 11.3 Å². The Morgan fingerprint density at radius 2 is 1.81 bits per heavy atom. The molecule has 0 saturated carbocycles. The molecule has 5 heteroatoms. The van der Waals surface area contributed by atoms with Gasteiger partial charge < -0.3 is 4.90 Å². The Labute approximate surface area is 225 Å². The number of aryl methyl sites for hydroxylation is 1. The van der Waals surface area contributed by atoms with E-state index in [9.17, 15) is 4.79 Å². The van der Waals surface area contributed by atoms with Crippen LogP contribution in [0.5, 0.6) is 0 Å². The van der Waals surface area contributed by atoms with Gasteiger partial charge in [-0.1, -0.05) is 53.7 Å². The molecule has 37 heavy (non-hydrogen) atoms. The summed E-state index contributed by atoms with van der Waals surface area (Å²) >= 11 is 1.79. The first-order valence-corrected chi connectivity index (χ1v) is 14.4. The minimum Gasteiger partial charge on any atom is -0.312 e. The first-order valence-electron chi connectivity index (χ1n) is 13.6. The number of nitrogens with zero attached hydrogens (tertiary/aromatic N) is 2. The Balaban J connectivity index is 1.48. The molecule has 3 aromatic rings. The van der Waals surface area contributed by atoms with Crippen molar-refractivity contribution in [3.63, 3.8) is 0 Å². The van der Waals surface area contributed by atoms with Crippen molar-refractivity contribution >= 4 is 22.9 Å². The summed E-state index contributed by atoms with van der Waals surface area (Å²) in [7, 11) is 0. The molecule has 0 bridgehead atoms. The highest BCUT2D eigenvalue weighted by atomic mass is 32.1. The molecule has 0 saturated heterocycles. The van der Waals surface area contributed by atoms with Gasteiger partial charge in [0.05, 0.1) is 11.6 Å². The molecule has 1 aromatic heterocycles. The molecule has 196 valence electrons. The van der Waals surface area contributed by atoms with Crippen molar-refractivity contribution in [2.24, 2.45) is 10.8 Å². The second-order valence-electron chi connectivity index (χ2n) is 12.9. The van der Waals surface area contributed by atoms with Crippen molar-refractivity contribution in [2.75, 3.05) is 11.4 Å². The molecule has 2 aromatic carbocycles. The van der Waals surface area contributed by atoms with Crippen molar-refractivity contribution in [1.82, 2.24) is 4.98 Å². The van der Waals surface area contributed by atoms with Crippen LogP contribution in [0.2, 0.25) is 0 Å². The first kappa shape index (κ1) is 26.1. The number of hydrogen-bond donors (Lipinski definition) is 0. The van der Waals surface area contributed by atoms with Crippen molar-refractivity contribution in [1.29, 1.82) is 0 Å². The molecule has 1 aliphatic carbocycles. The van der Waals surface area contributed by atoms with E-state index in [1.807, 2.05) is 36.1 Å². The van der Waals surface area contributed by atoms with Crippen LogP contribution in [0.4, 0.5) is 10.1 Å². The van der Waals surface area contributed by atoms with E-state index in [4.69, 9.17) is 4.98 Å². The van der Waals surface area contributed by atoms with Gasteiger partial charge >= 0.3 is 0 Å². The van der Waals surface area contributed by atoms with E-state index in [0.717, 1.165) is 33.8 Å². The van der Waals surface area contributed by atoms with Gasteiger partial charge in [-0.05, 0) is 78.0 Å². The van der Waals surface area contributed by atoms with Gasteiger partial charge in [0.15, 0.2) is 0 Å². The summed E-state index contributed by atoms with van der Waals surface area (Å²) < 4.78 is 15.1. The topological polar surface area (TPSA) is 33.2 Å². The molecule has 0 N–H and O–H groups in total. The molecular weight excluding hydrogens is 479 g/mol. The van der Waals surface area contributed by atoms with Crippen LogP contribution in [-0.4, -0.2) is 17.4 Å².